The molecule has 2 rings (SSSR count). The molecule has 1 heterocycles. The van der Waals surface area contributed by atoms with Crippen molar-refractivity contribution in [1.29, 1.82) is 0 Å². The van der Waals surface area contributed by atoms with Gasteiger partial charge in [0.25, 0.3) is 0 Å². The van der Waals surface area contributed by atoms with Crippen LogP contribution in [0.2, 0.25) is 0 Å². The Bertz CT molecular complexity index is 536. The molecule has 0 aliphatic carbocycles. The second-order valence-electron chi connectivity index (χ2n) is 3.76. The zero-order valence-corrected chi connectivity index (χ0v) is 10.6. The fourth-order valence-corrected chi connectivity index (χ4v) is 1.65. The summed E-state index contributed by atoms with van der Waals surface area (Å²) in [5, 5.41) is 16.3. The van der Waals surface area contributed by atoms with Crippen molar-refractivity contribution in [1.82, 2.24) is 25.9 Å². The minimum absolute atomic E-state index is 0.0191. The van der Waals surface area contributed by atoms with Gasteiger partial charge in [-0.2, -0.15) is 14.0 Å². The number of alkyl halides is 2. The van der Waals surface area contributed by atoms with Crippen molar-refractivity contribution >= 4 is 0 Å². The number of nitrogens with one attached hydrogen (secondary N) is 2. The summed E-state index contributed by atoms with van der Waals surface area (Å²) in [6.45, 7) is -2.27. The van der Waals surface area contributed by atoms with Crippen LogP contribution in [-0.2, 0) is 13.1 Å². The standard InChI is InChI=1S/C11H13F2N5O2/c1-19-8-4-2-3-7(10(8)20-11(12)13)5-14-6-9-15-17-18-16-9/h2-4,11,14H,5-6H2,1H3,(H,15,16,17,18). The van der Waals surface area contributed by atoms with E-state index in [1.165, 1.54) is 7.11 Å². The van der Waals surface area contributed by atoms with E-state index in [2.05, 4.69) is 30.7 Å². The molecule has 0 spiro atoms. The minimum atomic E-state index is -2.91. The number of ether oxygens (including phenoxy) is 2. The first kappa shape index (κ1) is 14.1. The number of tetrazole rings is 1. The first-order chi connectivity index (χ1) is 9.70. The number of nitrogens with zero attached hydrogens (tertiary/aromatic N) is 3. The SMILES string of the molecule is COc1cccc(CNCc2nn[nH]n2)c1OC(F)F. The lowest BCUT2D eigenvalue weighted by molar-refractivity contribution is -0.0518. The van der Waals surface area contributed by atoms with Gasteiger partial charge in [-0.05, 0) is 6.07 Å². The van der Waals surface area contributed by atoms with Crippen molar-refractivity contribution < 1.29 is 18.3 Å². The van der Waals surface area contributed by atoms with E-state index in [0.29, 0.717) is 24.5 Å². The van der Waals surface area contributed by atoms with E-state index >= 15 is 0 Å². The summed E-state index contributed by atoms with van der Waals surface area (Å²) >= 11 is 0. The summed E-state index contributed by atoms with van der Waals surface area (Å²) in [6, 6.07) is 4.92. The van der Waals surface area contributed by atoms with Crippen LogP contribution in [0.25, 0.3) is 0 Å². The van der Waals surface area contributed by atoms with E-state index in [1.807, 2.05) is 0 Å². The summed E-state index contributed by atoms with van der Waals surface area (Å²) in [7, 11) is 1.39. The molecule has 2 aromatic rings. The first-order valence-corrected chi connectivity index (χ1v) is 5.74. The maximum Gasteiger partial charge on any atom is 0.387 e. The van der Waals surface area contributed by atoms with E-state index in [4.69, 9.17) is 4.74 Å². The average Bonchev–Trinajstić information content (AvgIpc) is 2.93. The number of aromatic nitrogens is 4. The summed E-state index contributed by atoms with van der Waals surface area (Å²) < 4.78 is 34.4. The molecule has 0 aliphatic rings. The quantitative estimate of drug-likeness (QED) is 0.792. The molecule has 7 nitrogen and oxygen atoms in total. The second kappa shape index (κ2) is 6.75. The number of halogens is 2. The Balaban J connectivity index is 2.05. The van der Waals surface area contributed by atoms with Crippen molar-refractivity contribution in [3.05, 3.63) is 29.6 Å². The van der Waals surface area contributed by atoms with E-state index in [-0.39, 0.29) is 11.5 Å². The molecule has 0 amide bonds. The van der Waals surface area contributed by atoms with Gasteiger partial charge < -0.3 is 14.8 Å². The Morgan fingerprint density at radius 3 is 2.85 bits per heavy atom. The fraction of sp³-hybridized carbons (Fsp3) is 0.364. The Kier molecular flexibility index (Phi) is 4.77. The Morgan fingerprint density at radius 2 is 2.20 bits per heavy atom. The van der Waals surface area contributed by atoms with Crippen LogP contribution >= 0.6 is 0 Å². The van der Waals surface area contributed by atoms with Crippen LogP contribution in [-0.4, -0.2) is 34.3 Å². The van der Waals surface area contributed by atoms with E-state index in [9.17, 15) is 8.78 Å². The fourth-order valence-electron chi connectivity index (χ4n) is 1.65. The smallest absolute Gasteiger partial charge is 0.387 e. The summed E-state index contributed by atoms with van der Waals surface area (Å²) in [6.07, 6.45) is 0. The minimum Gasteiger partial charge on any atom is -0.493 e. The molecule has 20 heavy (non-hydrogen) atoms. The van der Waals surface area contributed by atoms with Gasteiger partial charge in [0.15, 0.2) is 17.3 Å². The van der Waals surface area contributed by atoms with Crippen LogP contribution in [0.3, 0.4) is 0 Å². The molecule has 0 aliphatic heterocycles. The predicted molar refractivity (Wildman–Crippen MR) is 64.3 cm³/mol. The van der Waals surface area contributed by atoms with Gasteiger partial charge in [-0.25, -0.2) is 0 Å². The van der Waals surface area contributed by atoms with Gasteiger partial charge >= 0.3 is 6.61 Å². The highest BCUT2D eigenvalue weighted by atomic mass is 19.3. The third-order valence-corrected chi connectivity index (χ3v) is 2.48. The summed E-state index contributed by atoms with van der Waals surface area (Å²) in [5.74, 6) is 0.749. The lowest BCUT2D eigenvalue weighted by atomic mass is 10.2. The topological polar surface area (TPSA) is 85.0 Å². The van der Waals surface area contributed by atoms with Crippen molar-refractivity contribution in [3.8, 4) is 11.5 Å². The molecule has 0 atom stereocenters. The van der Waals surface area contributed by atoms with Gasteiger partial charge in [0.2, 0.25) is 0 Å². The van der Waals surface area contributed by atoms with Gasteiger partial charge in [0.1, 0.15) is 0 Å². The molecule has 0 fully saturated rings. The maximum atomic E-state index is 12.4. The number of rotatable bonds is 7. The maximum absolute atomic E-state index is 12.4. The van der Waals surface area contributed by atoms with Crippen LogP contribution in [0.15, 0.2) is 18.2 Å². The van der Waals surface area contributed by atoms with Crippen molar-refractivity contribution in [2.75, 3.05) is 7.11 Å². The van der Waals surface area contributed by atoms with Gasteiger partial charge in [0, 0.05) is 12.1 Å². The molecule has 1 aromatic carbocycles. The van der Waals surface area contributed by atoms with Crippen molar-refractivity contribution in [2.45, 2.75) is 19.7 Å². The predicted octanol–water partition coefficient (Wildman–Crippen LogP) is 1.10. The highest BCUT2D eigenvalue weighted by Gasteiger charge is 2.15. The molecular formula is C11H13F2N5O2. The first-order valence-electron chi connectivity index (χ1n) is 5.74. The van der Waals surface area contributed by atoms with E-state index in [0.717, 1.165) is 0 Å². The van der Waals surface area contributed by atoms with Gasteiger partial charge in [0.05, 0.1) is 13.7 Å². The van der Waals surface area contributed by atoms with Crippen LogP contribution in [0.4, 0.5) is 8.78 Å². The van der Waals surface area contributed by atoms with E-state index < -0.39 is 6.61 Å². The highest BCUT2D eigenvalue weighted by Crippen LogP contribution is 2.32. The second-order valence-corrected chi connectivity index (χ2v) is 3.76. The molecule has 0 radical (unpaired) electrons. The Hall–Kier alpha value is -2.29. The number of aromatic amines is 1. The van der Waals surface area contributed by atoms with Crippen LogP contribution in [0.5, 0.6) is 11.5 Å². The number of H-pyrrole nitrogens is 1. The number of benzene rings is 1. The molecule has 0 saturated heterocycles. The molecule has 108 valence electrons. The van der Waals surface area contributed by atoms with Crippen molar-refractivity contribution in [2.24, 2.45) is 0 Å². The molecule has 1 aromatic heterocycles. The number of hydrogen-bond acceptors (Lipinski definition) is 6. The highest BCUT2D eigenvalue weighted by molar-refractivity contribution is 5.46. The van der Waals surface area contributed by atoms with Crippen LogP contribution < -0.4 is 14.8 Å². The normalized spacial score (nSPS) is 10.8. The van der Waals surface area contributed by atoms with Gasteiger partial charge in [-0.15, -0.1) is 10.2 Å². The molecule has 2 N–H and O–H groups in total. The van der Waals surface area contributed by atoms with Gasteiger partial charge in [-0.1, -0.05) is 17.3 Å². The third kappa shape index (κ3) is 3.60. The van der Waals surface area contributed by atoms with Crippen LogP contribution in [0.1, 0.15) is 11.4 Å². The number of methoxy groups -OCH3 is 1. The number of hydrogen-bond donors (Lipinski definition) is 2. The zero-order valence-electron chi connectivity index (χ0n) is 10.6. The molecule has 0 unspecified atom stereocenters. The largest absolute Gasteiger partial charge is 0.493 e. The Labute approximate surface area is 113 Å². The monoisotopic (exact) mass is 285 g/mol. The van der Waals surface area contributed by atoms with Gasteiger partial charge in [-0.3, -0.25) is 0 Å². The lowest BCUT2D eigenvalue weighted by Crippen LogP contribution is -2.15. The van der Waals surface area contributed by atoms with E-state index in [1.54, 1.807) is 18.2 Å². The zero-order chi connectivity index (χ0) is 14.4. The lowest BCUT2D eigenvalue weighted by Gasteiger charge is -2.14. The third-order valence-electron chi connectivity index (χ3n) is 2.48. The number of para-hydroxylation sites is 1. The summed E-state index contributed by atoms with van der Waals surface area (Å²) in [4.78, 5) is 0. The average molecular weight is 285 g/mol. The molecule has 0 saturated carbocycles. The molecule has 9 heteroatoms. The Morgan fingerprint density at radius 1 is 1.35 bits per heavy atom. The van der Waals surface area contributed by atoms with Crippen LogP contribution in [0, 0.1) is 0 Å². The molecular weight excluding hydrogens is 272 g/mol. The molecule has 0 bridgehead atoms. The summed E-state index contributed by atoms with van der Waals surface area (Å²) in [5.41, 5.74) is 0.549. The van der Waals surface area contributed by atoms with Crippen molar-refractivity contribution in [3.63, 3.8) is 0 Å².